The van der Waals surface area contributed by atoms with Gasteiger partial charge >= 0.3 is 0 Å². The molecule has 13 aromatic rings. The monoisotopic (exact) mass is 919 g/mol. The Bertz CT molecular complexity index is 4190. The number of aromatic nitrogens is 1. The van der Waals surface area contributed by atoms with Gasteiger partial charge in [-0.2, -0.15) is 0 Å². The molecule has 2 bridgehead atoms. The van der Waals surface area contributed by atoms with Gasteiger partial charge in [-0.05, 0) is 113 Å². The van der Waals surface area contributed by atoms with E-state index in [1.165, 1.54) is 98.2 Å². The van der Waals surface area contributed by atoms with E-state index in [9.17, 15) is 0 Å². The predicted octanol–water partition coefficient (Wildman–Crippen LogP) is 14.4. The second-order valence-electron chi connectivity index (χ2n) is 19.4. The zero-order chi connectivity index (χ0) is 46.6. The van der Waals surface area contributed by atoms with Gasteiger partial charge in [0, 0.05) is 39.1 Å². The van der Waals surface area contributed by atoms with Gasteiger partial charge in [-0.3, -0.25) is 0 Å². The lowest BCUT2D eigenvalue weighted by molar-refractivity contribution is 0.669. The molecule has 2 aromatic heterocycles. The van der Waals surface area contributed by atoms with Gasteiger partial charge < -0.3 is 8.98 Å². The van der Waals surface area contributed by atoms with Crippen LogP contribution in [0, 0.1) is 0 Å². The van der Waals surface area contributed by atoms with E-state index >= 15 is 0 Å². The van der Waals surface area contributed by atoms with Crippen molar-refractivity contribution in [1.29, 1.82) is 0 Å². The first-order valence-electron chi connectivity index (χ1n) is 24.8. The van der Waals surface area contributed by atoms with Gasteiger partial charge in [0.1, 0.15) is 11.2 Å². The zero-order valence-electron chi connectivity index (χ0n) is 38.8. The van der Waals surface area contributed by atoms with Crippen LogP contribution >= 0.6 is 0 Å². The Balaban J connectivity index is 0.982. The highest BCUT2D eigenvalue weighted by Crippen LogP contribution is 2.58. The van der Waals surface area contributed by atoms with Crippen molar-refractivity contribution in [2.75, 3.05) is 0 Å². The molecule has 11 aromatic carbocycles. The van der Waals surface area contributed by atoms with E-state index in [4.69, 9.17) is 4.42 Å². The molecule has 0 spiro atoms. The van der Waals surface area contributed by atoms with Crippen LogP contribution < -0.4 is 20.7 Å². The van der Waals surface area contributed by atoms with E-state index < -0.39 is 8.07 Å². The van der Waals surface area contributed by atoms with Crippen LogP contribution in [0.2, 0.25) is 0 Å². The van der Waals surface area contributed by atoms with E-state index in [0.29, 0.717) is 0 Å². The summed E-state index contributed by atoms with van der Waals surface area (Å²) in [6.07, 6.45) is 0. The highest BCUT2D eigenvalue weighted by atomic mass is 28.3. The van der Waals surface area contributed by atoms with Crippen LogP contribution in [0.3, 0.4) is 0 Å². The smallest absolute Gasteiger partial charge is 0.179 e. The highest BCUT2D eigenvalue weighted by molar-refractivity contribution is 7.20. The summed E-state index contributed by atoms with van der Waals surface area (Å²) in [5.74, 6) is 0.0984. The van der Waals surface area contributed by atoms with E-state index in [1.807, 2.05) is 6.07 Å². The zero-order valence-corrected chi connectivity index (χ0v) is 39.8. The normalized spacial score (nSPS) is 14.8. The lowest BCUT2D eigenvalue weighted by Crippen LogP contribution is -2.75. The van der Waals surface area contributed by atoms with Crippen LogP contribution in [0.5, 0.6) is 0 Å². The number of hydrogen-bond donors (Lipinski definition) is 0. The Kier molecular flexibility index (Phi) is 8.84. The molecule has 71 heavy (non-hydrogen) atoms. The molecular weight excluding hydrogens is 875 g/mol. The SMILES string of the molecule is c1ccc(-c2ccc([Si](c3ccccc3)(c3ccccc3)c3cccc4c3C3c5ccccc5C4c4cccc(-c5ccc6c7ccccc7n(-c7ccc8oc9ccccc9c8c7)c6c5)c43)cc2)cc1. The summed E-state index contributed by atoms with van der Waals surface area (Å²) in [5.41, 5.74) is 18.8. The lowest BCUT2D eigenvalue weighted by Gasteiger charge is -2.47. The molecule has 0 amide bonds. The Labute approximate surface area is 413 Å². The summed E-state index contributed by atoms with van der Waals surface area (Å²) in [6.45, 7) is 0. The summed E-state index contributed by atoms with van der Waals surface area (Å²) in [5, 5.41) is 10.4. The first-order chi connectivity index (χ1) is 35.2. The molecule has 0 aliphatic heterocycles. The Morgan fingerprint density at radius 2 is 0.873 bits per heavy atom. The van der Waals surface area contributed by atoms with E-state index in [2.05, 4.69) is 259 Å². The molecule has 0 saturated carbocycles. The fourth-order valence-corrected chi connectivity index (χ4v) is 18.1. The maximum atomic E-state index is 6.32. The maximum Gasteiger partial charge on any atom is 0.179 e. The molecule has 16 rings (SSSR count). The topological polar surface area (TPSA) is 18.1 Å². The van der Waals surface area contributed by atoms with Gasteiger partial charge in [-0.15, -0.1) is 0 Å². The molecule has 2 heterocycles. The number of nitrogens with zero attached hydrogens (tertiary/aromatic N) is 1. The third-order valence-corrected chi connectivity index (χ3v) is 20.8. The predicted molar refractivity (Wildman–Crippen MR) is 297 cm³/mol. The molecule has 0 saturated heterocycles. The van der Waals surface area contributed by atoms with Crippen LogP contribution in [0.4, 0.5) is 0 Å². The fraction of sp³-hybridized carbons (Fsp3) is 0.0294. The average molecular weight is 920 g/mol. The number of benzene rings is 11. The molecule has 0 radical (unpaired) electrons. The minimum Gasteiger partial charge on any atom is -0.456 e. The third-order valence-electron chi connectivity index (χ3n) is 15.9. The standard InChI is InChI=1S/C68H45NOSi/c1-4-18-44(19-5-1)45-34-38-50(39-35-45)71(48-20-6-2-7-21-48,49-22-8-3-9-23-49)64-33-17-30-58-65-55-26-10-11-27-56(55)68(67(58)64)66-51(28-16-29-57(65)66)46-36-40-53-52-24-12-14-31-60(52)69(61(53)42-46)47-37-41-63-59(43-47)54-25-13-15-32-62(54)70-63/h1-43,65,68H. The highest BCUT2D eigenvalue weighted by Gasteiger charge is 2.49. The Morgan fingerprint density at radius 1 is 0.324 bits per heavy atom. The first kappa shape index (κ1) is 40.2. The van der Waals surface area contributed by atoms with Crippen molar-refractivity contribution in [2.24, 2.45) is 0 Å². The molecule has 332 valence electrons. The second-order valence-corrected chi connectivity index (χ2v) is 23.2. The third kappa shape index (κ3) is 5.81. The lowest BCUT2D eigenvalue weighted by atomic mass is 9.60. The van der Waals surface area contributed by atoms with E-state index in [-0.39, 0.29) is 11.8 Å². The van der Waals surface area contributed by atoms with E-state index in [1.54, 1.807) is 0 Å². The number of para-hydroxylation sites is 2. The van der Waals surface area contributed by atoms with E-state index in [0.717, 1.165) is 27.6 Å². The summed E-state index contributed by atoms with van der Waals surface area (Å²) in [7, 11) is -3.02. The largest absolute Gasteiger partial charge is 0.456 e. The summed E-state index contributed by atoms with van der Waals surface area (Å²) in [4.78, 5) is 0. The van der Waals surface area contributed by atoms with Crippen molar-refractivity contribution in [2.45, 2.75) is 11.8 Å². The molecule has 3 aliphatic rings. The molecule has 3 heteroatoms. The van der Waals surface area contributed by atoms with Crippen LogP contribution in [-0.4, -0.2) is 12.6 Å². The van der Waals surface area contributed by atoms with Gasteiger partial charge in [-0.25, -0.2) is 0 Å². The van der Waals surface area contributed by atoms with Crippen LogP contribution in [0.15, 0.2) is 265 Å². The van der Waals surface area contributed by atoms with Gasteiger partial charge in [0.05, 0.1) is 11.0 Å². The summed E-state index contributed by atoms with van der Waals surface area (Å²) >= 11 is 0. The van der Waals surface area contributed by atoms with Gasteiger partial charge in [-0.1, -0.05) is 224 Å². The number of fused-ring (bicyclic) bond motifs is 6. The van der Waals surface area contributed by atoms with Crippen LogP contribution in [0.1, 0.15) is 45.2 Å². The number of furan rings is 1. The molecule has 0 N–H and O–H groups in total. The van der Waals surface area contributed by atoms with Crippen molar-refractivity contribution in [3.8, 4) is 27.9 Å². The van der Waals surface area contributed by atoms with Gasteiger partial charge in [0.15, 0.2) is 8.07 Å². The van der Waals surface area contributed by atoms with Crippen molar-refractivity contribution >= 4 is 72.6 Å². The fourth-order valence-electron chi connectivity index (χ4n) is 13.0. The Morgan fingerprint density at radius 3 is 1.63 bits per heavy atom. The van der Waals surface area contributed by atoms with Gasteiger partial charge in [0.25, 0.3) is 0 Å². The second kappa shape index (κ2) is 15.6. The van der Waals surface area contributed by atoms with Crippen molar-refractivity contribution in [1.82, 2.24) is 4.57 Å². The number of rotatable bonds is 7. The van der Waals surface area contributed by atoms with Crippen molar-refractivity contribution in [3.05, 3.63) is 294 Å². The molecule has 3 aliphatic carbocycles. The van der Waals surface area contributed by atoms with Gasteiger partial charge in [0.2, 0.25) is 0 Å². The summed E-state index contributed by atoms with van der Waals surface area (Å²) in [6, 6.07) is 98.1. The quantitative estimate of drug-likeness (QED) is 0.115. The molecule has 2 nitrogen and oxygen atoms in total. The van der Waals surface area contributed by atoms with Crippen molar-refractivity contribution in [3.63, 3.8) is 0 Å². The Hall–Kier alpha value is -8.76. The molecule has 2 atom stereocenters. The maximum absolute atomic E-state index is 6.32. The summed E-state index contributed by atoms with van der Waals surface area (Å²) < 4.78 is 8.78. The molecule has 0 fully saturated rings. The average Bonchev–Trinajstić information content (AvgIpc) is 3.99. The van der Waals surface area contributed by atoms with Crippen LogP contribution in [-0.2, 0) is 0 Å². The molecule has 2 unspecified atom stereocenters. The molecular formula is C68H45NOSi. The van der Waals surface area contributed by atoms with Crippen LogP contribution in [0.25, 0.3) is 71.7 Å². The van der Waals surface area contributed by atoms with Crippen molar-refractivity contribution < 1.29 is 4.42 Å². The minimum atomic E-state index is -3.02. The minimum absolute atomic E-state index is 0.00910. The number of hydrogen-bond acceptors (Lipinski definition) is 1. The first-order valence-corrected chi connectivity index (χ1v) is 26.8.